The average Bonchev–Trinajstić information content (AvgIpc) is 3.04. The smallest absolute Gasteiger partial charge is 0.315 e. The Labute approximate surface area is 182 Å². The summed E-state index contributed by atoms with van der Waals surface area (Å²) < 4.78 is 28.0. The van der Waals surface area contributed by atoms with Crippen molar-refractivity contribution in [3.63, 3.8) is 0 Å². The van der Waals surface area contributed by atoms with Crippen LogP contribution in [0.15, 0.2) is 59.5 Å². The molecule has 0 spiro atoms. The van der Waals surface area contributed by atoms with E-state index in [-0.39, 0.29) is 17.5 Å². The van der Waals surface area contributed by atoms with Gasteiger partial charge in [-0.2, -0.15) is 5.10 Å². The average molecular weight is 442 g/mol. The number of aromatic nitrogens is 2. The standard InChI is InChI=1S/C22H27N5O3S/c1-16-20(17(2)27(25-16)19-11-6-5-7-12-19)15-24-22(28)23-14-18-10-8-9-13-21(18)31(29,30)26(3)4/h5-13H,14-15H2,1-4H3,(H2,23,24,28). The summed E-state index contributed by atoms with van der Waals surface area (Å²) in [4.78, 5) is 12.6. The number of nitrogens with one attached hydrogen (secondary N) is 2. The summed E-state index contributed by atoms with van der Waals surface area (Å²) in [5.41, 5.74) is 4.21. The fraction of sp³-hybridized carbons (Fsp3) is 0.273. The Morgan fingerprint density at radius 1 is 0.968 bits per heavy atom. The van der Waals surface area contributed by atoms with Gasteiger partial charge in [0.15, 0.2) is 0 Å². The van der Waals surface area contributed by atoms with Gasteiger partial charge in [-0.15, -0.1) is 0 Å². The van der Waals surface area contributed by atoms with Crippen molar-refractivity contribution in [2.24, 2.45) is 0 Å². The minimum atomic E-state index is -3.59. The highest BCUT2D eigenvalue weighted by Gasteiger charge is 2.21. The van der Waals surface area contributed by atoms with Crippen LogP contribution in [0.4, 0.5) is 4.79 Å². The van der Waals surface area contributed by atoms with Crippen LogP contribution in [0.5, 0.6) is 0 Å². The molecule has 2 N–H and O–H groups in total. The third-order valence-corrected chi connectivity index (χ3v) is 6.95. The van der Waals surface area contributed by atoms with E-state index in [1.807, 2.05) is 48.9 Å². The highest BCUT2D eigenvalue weighted by atomic mass is 32.2. The van der Waals surface area contributed by atoms with Crippen molar-refractivity contribution in [3.05, 3.63) is 77.1 Å². The lowest BCUT2D eigenvalue weighted by Gasteiger charge is -2.15. The normalized spacial score (nSPS) is 11.5. The van der Waals surface area contributed by atoms with Gasteiger partial charge in [0.1, 0.15) is 0 Å². The van der Waals surface area contributed by atoms with Crippen molar-refractivity contribution in [2.75, 3.05) is 14.1 Å². The predicted molar refractivity (Wildman–Crippen MR) is 119 cm³/mol. The number of hydrogen-bond acceptors (Lipinski definition) is 4. The molecular formula is C22H27N5O3S. The van der Waals surface area contributed by atoms with Crippen molar-refractivity contribution in [1.29, 1.82) is 0 Å². The largest absolute Gasteiger partial charge is 0.334 e. The van der Waals surface area contributed by atoms with Gasteiger partial charge < -0.3 is 10.6 Å². The molecule has 9 heteroatoms. The number of hydrogen-bond donors (Lipinski definition) is 2. The van der Waals surface area contributed by atoms with Crippen molar-refractivity contribution >= 4 is 16.1 Å². The van der Waals surface area contributed by atoms with Crippen LogP contribution in [0.2, 0.25) is 0 Å². The molecule has 164 valence electrons. The maximum Gasteiger partial charge on any atom is 0.315 e. The molecule has 3 aromatic rings. The van der Waals surface area contributed by atoms with Gasteiger partial charge in [0, 0.05) is 38.4 Å². The van der Waals surface area contributed by atoms with Gasteiger partial charge in [-0.3, -0.25) is 0 Å². The molecule has 31 heavy (non-hydrogen) atoms. The molecule has 0 bridgehead atoms. The van der Waals surface area contributed by atoms with E-state index in [1.165, 1.54) is 20.2 Å². The number of carbonyl (C=O) groups excluding carboxylic acids is 1. The van der Waals surface area contributed by atoms with Crippen molar-refractivity contribution in [2.45, 2.75) is 31.8 Å². The van der Waals surface area contributed by atoms with Gasteiger partial charge in [0.25, 0.3) is 0 Å². The lowest BCUT2D eigenvalue weighted by atomic mass is 10.2. The number of benzene rings is 2. The maximum atomic E-state index is 12.5. The molecule has 0 atom stereocenters. The van der Waals surface area contributed by atoms with Crippen molar-refractivity contribution in [3.8, 4) is 5.69 Å². The highest BCUT2D eigenvalue weighted by Crippen LogP contribution is 2.19. The van der Waals surface area contributed by atoms with Crippen LogP contribution in [-0.2, 0) is 23.1 Å². The SMILES string of the molecule is Cc1nn(-c2ccccc2)c(C)c1CNC(=O)NCc1ccccc1S(=O)(=O)N(C)C. The molecule has 0 radical (unpaired) electrons. The van der Waals surface area contributed by atoms with Crippen LogP contribution < -0.4 is 10.6 Å². The van der Waals surface area contributed by atoms with E-state index in [2.05, 4.69) is 15.7 Å². The summed E-state index contributed by atoms with van der Waals surface area (Å²) in [6.07, 6.45) is 0. The van der Waals surface area contributed by atoms with E-state index in [1.54, 1.807) is 18.2 Å². The van der Waals surface area contributed by atoms with Gasteiger partial charge in [-0.25, -0.2) is 22.2 Å². The second-order valence-electron chi connectivity index (χ2n) is 7.33. The molecule has 1 heterocycles. The Balaban J connectivity index is 1.66. The van der Waals surface area contributed by atoms with Crippen LogP contribution in [-0.4, -0.2) is 42.6 Å². The Hall–Kier alpha value is -3.17. The first-order valence-corrected chi connectivity index (χ1v) is 11.3. The molecule has 0 unspecified atom stereocenters. The third-order valence-electron chi connectivity index (χ3n) is 5.04. The van der Waals surface area contributed by atoms with E-state index >= 15 is 0 Å². The Kier molecular flexibility index (Phi) is 6.77. The summed E-state index contributed by atoms with van der Waals surface area (Å²) in [6.45, 7) is 4.28. The molecule has 2 aromatic carbocycles. The molecule has 1 aromatic heterocycles. The van der Waals surface area contributed by atoms with Crippen molar-refractivity contribution in [1.82, 2.24) is 24.7 Å². The van der Waals surface area contributed by atoms with E-state index in [4.69, 9.17) is 0 Å². The lowest BCUT2D eigenvalue weighted by molar-refractivity contribution is 0.240. The predicted octanol–water partition coefficient (Wildman–Crippen LogP) is 2.74. The molecular weight excluding hydrogens is 414 g/mol. The van der Waals surface area contributed by atoms with Gasteiger partial charge in [-0.05, 0) is 37.6 Å². The van der Waals surface area contributed by atoms with Crippen LogP contribution in [0.1, 0.15) is 22.5 Å². The zero-order valence-electron chi connectivity index (χ0n) is 18.1. The quantitative estimate of drug-likeness (QED) is 0.589. The van der Waals surface area contributed by atoms with E-state index in [9.17, 15) is 13.2 Å². The fourth-order valence-electron chi connectivity index (χ4n) is 3.26. The summed E-state index contributed by atoms with van der Waals surface area (Å²) in [5.74, 6) is 0. The van der Waals surface area contributed by atoms with Crippen molar-refractivity contribution < 1.29 is 13.2 Å². The second-order valence-corrected chi connectivity index (χ2v) is 9.45. The summed E-state index contributed by atoms with van der Waals surface area (Å²) >= 11 is 0. The third kappa shape index (κ3) is 4.95. The topological polar surface area (TPSA) is 96.3 Å². The Morgan fingerprint density at radius 2 is 1.58 bits per heavy atom. The monoisotopic (exact) mass is 441 g/mol. The molecule has 2 amide bonds. The maximum absolute atomic E-state index is 12.5. The second kappa shape index (κ2) is 9.32. The van der Waals surface area contributed by atoms with E-state index in [0.29, 0.717) is 12.1 Å². The minimum absolute atomic E-state index is 0.0936. The molecule has 0 aliphatic carbocycles. The molecule has 0 saturated carbocycles. The Bertz CT molecular complexity index is 1170. The lowest BCUT2D eigenvalue weighted by Crippen LogP contribution is -2.35. The summed E-state index contributed by atoms with van der Waals surface area (Å²) in [6, 6.07) is 16.0. The number of carbonyl (C=O) groups is 1. The number of urea groups is 1. The number of sulfonamides is 1. The molecule has 0 fully saturated rings. The van der Waals surface area contributed by atoms with Crippen LogP contribution in [0, 0.1) is 13.8 Å². The summed E-state index contributed by atoms with van der Waals surface area (Å²) in [5, 5.41) is 10.2. The zero-order valence-corrected chi connectivity index (χ0v) is 18.9. The highest BCUT2D eigenvalue weighted by molar-refractivity contribution is 7.89. The Morgan fingerprint density at radius 3 is 2.26 bits per heavy atom. The van der Waals surface area contributed by atoms with Gasteiger partial charge >= 0.3 is 6.03 Å². The first kappa shape index (κ1) is 22.5. The van der Waals surface area contributed by atoms with Gasteiger partial charge in [-0.1, -0.05) is 36.4 Å². The van der Waals surface area contributed by atoms with Gasteiger partial charge in [0.05, 0.1) is 16.3 Å². The molecule has 3 rings (SSSR count). The van der Waals surface area contributed by atoms with Crippen LogP contribution in [0.3, 0.4) is 0 Å². The number of nitrogens with zero attached hydrogens (tertiary/aromatic N) is 3. The van der Waals surface area contributed by atoms with Crippen LogP contribution in [0.25, 0.3) is 5.69 Å². The van der Waals surface area contributed by atoms with Gasteiger partial charge in [0.2, 0.25) is 10.0 Å². The molecule has 0 aliphatic heterocycles. The molecule has 0 saturated heterocycles. The number of para-hydroxylation sites is 1. The first-order chi connectivity index (χ1) is 14.7. The molecule has 8 nitrogen and oxygen atoms in total. The zero-order chi connectivity index (χ0) is 22.6. The number of amides is 2. The van der Waals surface area contributed by atoms with Crippen LogP contribution >= 0.6 is 0 Å². The van der Waals surface area contributed by atoms with E-state index < -0.39 is 10.0 Å². The molecule has 0 aliphatic rings. The fourth-order valence-corrected chi connectivity index (χ4v) is 4.37. The number of aryl methyl sites for hydroxylation is 1. The minimum Gasteiger partial charge on any atom is -0.334 e. The number of rotatable bonds is 7. The first-order valence-electron chi connectivity index (χ1n) is 9.84. The summed E-state index contributed by atoms with van der Waals surface area (Å²) in [7, 11) is -0.638. The van der Waals surface area contributed by atoms with E-state index in [0.717, 1.165) is 26.9 Å².